The van der Waals surface area contributed by atoms with Crippen molar-refractivity contribution in [3.8, 4) is 0 Å². The molecule has 0 aromatic heterocycles. The van der Waals surface area contributed by atoms with Gasteiger partial charge in [-0.2, -0.15) is 0 Å². The van der Waals surface area contributed by atoms with Crippen LogP contribution in [0.1, 0.15) is 23.6 Å². The first kappa shape index (κ1) is 9.26. The molecule has 0 nitrogen and oxygen atoms in total. The van der Waals surface area contributed by atoms with Crippen LogP contribution in [0, 0.1) is 19.9 Å². The van der Waals surface area contributed by atoms with Gasteiger partial charge in [0.1, 0.15) is 0 Å². The van der Waals surface area contributed by atoms with Gasteiger partial charge in [-0.3, -0.25) is 0 Å². The van der Waals surface area contributed by atoms with Gasteiger partial charge in [0.05, 0.1) is 0 Å². The van der Waals surface area contributed by atoms with E-state index in [-0.39, 0.29) is 0 Å². The van der Waals surface area contributed by atoms with E-state index in [1.54, 1.807) is 0 Å². The molecule has 0 aliphatic rings. The Morgan fingerprint density at radius 1 is 1.07 bits per heavy atom. The zero-order valence-electron chi connectivity index (χ0n) is 9.02. The third-order valence-corrected chi connectivity index (χ3v) is 2.99. The van der Waals surface area contributed by atoms with Crippen LogP contribution >= 0.6 is 0 Å². The maximum atomic E-state index is 3.49. The minimum absolute atomic E-state index is 1.07. The molecule has 0 bridgehead atoms. The lowest BCUT2D eigenvalue weighted by atomic mass is 9.95. The van der Waals surface area contributed by atoms with Crippen LogP contribution in [-0.4, -0.2) is 0 Å². The summed E-state index contributed by atoms with van der Waals surface area (Å²) in [5.74, 6) is 0. The van der Waals surface area contributed by atoms with Crippen LogP contribution in [0.25, 0.3) is 10.8 Å². The normalized spacial score (nSPS) is 10.8. The molecule has 14 heavy (non-hydrogen) atoms. The number of aryl methyl sites for hydroxylation is 2. The number of hydrogen-bond donors (Lipinski definition) is 0. The SMILES string of the molecule is CCc1[c]c2ccccc2c(C)c1C. The molecule has 0 aliphatic heterocycles. The maximum Gasteiger partial charge on any atom is -0.00615 e. The van der Waals surface area contributed by atoms with Gasteiger partial charge in [-0.1, -0.05) is 31.2 Å². The van der Waals surface area contributed by atoms with E-state index in [2.05, 4.69) is 51.1 Å². The lowest BCUT2D eigenvalue weighted by Gasteiger charge is -2.10. The van der Waals surface area contributed by atoms with Crippen molar-refractivity contribution >= 4 is 10.8 Å². The molecule has 0 saturated heterocycles. The van der Waals surface area contributed by atoms with E-state index in [9.17, 15) is 0 Å². The molecule has 0 saturated carbocycles. The van der Waals surface area contributed by atoms with Gasteiger partial charge in [-0.15, -0.1) is 0 Å². The van der Waals surface area contributed by atoms with E-state index >= 15 is 0 Å². The molecule has 1 radical (unpaired) electrons. The maximum absolute atomic E-state index is 3.49. The van der Waals surface area contributed by atoms with Crippen molar-refractivity contribution in [2.75, 3.05) is 0 Å². The first-order valence-corrected chi connectivity index (χ1v) is 5.14. The van der Waals surface area contributed by atoms with Gasteiger partial charge in [-0.05, 0) is 53.8 Å². The summed E-state index contributed by atoms with van der Waals surface area (Å²) < 4.78 is 0. The number of benzene rings is 2. The van der Waals surface area contributed by atoms with Gasteiger partial charge in [0.15, 0.2) is 0 Å². The molecule has 0 heteroatoms. The Labute approximate surface area is 85.6 Å². The van der Waals surface area contributed by atoms with Crippen molar-refractivity contribution in [1.82, 2.24) is 0 Å². The van der Waals surface area contributed by atoms with Gasteiger partial charge in [0.25, 0.3) is 0 Å². The van der Waals surface area contributed by atoms with E-state index < -0.39 is 0 Å². The van der Waals surface area contributed by atoms with Crippen molar-refractivity contribution in [2.45, 2.75) is 27.2 Å². The Bertz CT molecular complexity index is 467. The summed E-state index contributed by atoms with van der Waals surface area (Å²) in [4.78, 5) is 0. The Kier molecular flexibility index (Phi) is 2.28. The quantitative estimate of drug-likeness (QED) is 0.630. The summed E-state index contributed by atoms with van der Waals surface area (Å²) in [5, 5.41) is 2.58. The largest absolute Gasteiger partial charge is 0.0616 e. The average Bonchev–Trinajstić information content (AvgIpc) is 2.23. The monoisotopic (exact) mass is 183 g/mol. The topological polar surface area (TPSA) is 0 Å². The van der Waals surface area contributed by atoms with Crippen molar-refractivity contribution in [2.24, 2.45) is 0 Å². The first-order valence-electron chi connectivity index (χ1n) is 5.14. The molecule has 0 unspecified atom stereocenters. The molecule has 2 rings (SSSR count). The molecule has 0 spiro atoms. The molecule has 71 valence electrons. The lowest BCUT2D eigenvalue weighted by Crippen LogP contribution is -1.92. The van der Waals surface area contributed by atoms with Gasteiger partial charge < -0.3 is 0 Å². The molecular weight excluding hydrogens is 168 g/mol. The third kappa shape index (κ3) is 1.31. The third-order valence-electron chi connectivity index (χ3n) is 2.99. The minimum Gasteiger partial charge on any atom is -0.0616 e. The molecule has 2 aromatic carbocycles. The zero-order chi connectivity index (χ0) is 10.1. The second-order valence-electron chi connectivity index (χ2n) is 3.75. The molecule has 0 amide bonds. The second kappa shape index (κ2) is 3.45. The van der Waals surface area contributed by atoms with E-state index in [1.165, 1.54) is 27.5 Å². The minimum atomic E-state index is 1.07. The number of hydrogen-bond acceptors (Lipinski definition) is 0. The second-order valence-corrected chi connectivity index (χ2v) is 3.75. The predicted octanol–water partition coefficient (Wildman–Crippen LogP) is 3.82. The first-order chi connectivity index (χ1) is 6.74. The van der Waals surface area contributed by atoms with Crippen LogP contribution in [0.15, 0.2) is 24.3 Å². The average molecular weight is 183 g/mol. The Morgan fingerprint density at radius 2 is 1.79 bits per heavy atom. The lowest BCUT2D eigenvalue weighted by molar-refractivity contribution is 1.10. The van der Waals surface area contributed by atoms with Gasteiger partial charge in [0.2, 0.25) is 0 Å². The molecular formula is C14H15. The van der Waals surface area contributed by atoms with E-state index in [0.717, 1.165) is 6.42 Å². The van der Waals surface area contributed by atoms with Gasteiger partial charge >= 0.3 is 0 Å². The standard InChI is InChI=1S/C14H15/c1-4-12-9-13-7-5-6-8-14(13)11(3)10(12)2/h5-8H,4H2,1-3H3. The van der Waals surface area contributed by atoms with Gasteiger partial charge in [-0.25, -0.2) is 0 Å². The van der Waals surface area contributed by atoms with Crippen LogP contribution in [-0.2, 0) is 6.42 Å². The molecule has 2 aromatic rings. The summed E-state index contributed by atoms with van der Waals surface area (Å²) in [6.07, 6.45) is 1.07. The highest BCUT2D eigenvalue weighted by molar-refractivity contribution is 5.86. The highest BCUT2D eigenvalue weighted by Crippen LogP contribution is 2.24. The molecule has 0 aliphatic carbocycles. The zero-order valence-corrected chi connectivity index (χ0v) is 9.02. The Balaban J connectivity index is 2.85. The van der Waals surface area contributed by atoms with E-state index in [1.807, 2.05) is 0 Å². The Morgan fingerprint density at radius 3 is 2.50 bits per heavy atom. The summed E-state index contributed by atoms with van der Waals surface area (Å²) in [7, 11) is 0. The molecule has 0 heterocycles. The van der Waals surface area contributed by atoms with E-state index in [4.69, 9.17) is 0 Å². The summed E-state index contributed by atoms with van der Waals surface area (Å²) in [6, 6.07) is 12.0. The highest BCUT2D eigenvalue weighted by atomic mass is 14.1. The van der Waals surface area contributed by atoms with Crippen LogP contribution in [0.5, 0.6) is 0 Å². The fourth-order valence-electron chi connectivity index (χ4n) is 1.96. The predicted molar refractivity (Wildman–Crippen MR) is 61.6 cm³/mol. The Hall–Kier alpha value is -1.30. The van der Waals surface area contributed by atoms with Crippen LogP contribution in [0.2, 0.25) is 0 Å². The number of rotatable bonds is 1. The summed E-state index contributed by atoms with van der Waals surface area (Å²) in [5.41, 5.74) is 4.14. The van der Waals surface area contributed by atoms with Crippen LogP contribution in [0.4, 0.5) is 0 Å². The summed E-state index contributed by atoms with van der Waals surface area (Å²) >= 11 is 0. The van der Waals surface area contributed by atoms with Crippen LogP contribution in [0.3, 0.4) is 0 Å². The molecule has 0 atom stereocenters. The summed E-state index contributed by atoms with van der Waals surface area (Å²) in [6.45, 7) is 6.58. The van der Waals surface area contributed by atoms with Gasteiger partial charge in [0, 0.05) is 0 Å². The van der Waals surface area contributed by atoms with Crippen molar-refractivity contribution < 1.29 is 0 Å². The smallest absolute Gasteiger partial charge is 0.00615 e. The van der Waals surface area contributed by atoms with Crippen molar-refractivity contribution in [3.63, 3.8) is 0 Å². The highest BCUT2D eigenvalue weighted by Gasteiger charge is 2.04. The number of fused-ring (bicyclic) bond motifs is 1. The van der Waals surface area contributed by atoms with Crippen molar-refractivity contribution in [3.05, 3.63) is 47.0 Å². The van der Waals surface area contributed by atoms with Crippen molar-refractivity contribution in [1.29, 1.82) is 0 Å². The molecule has 0 N–H and O–H groups in total. The van der Waals surface area contributed by atoms with Crippen LogP contribution < -0.4 is 0 Å². The van der Waals surface area contributed by atoms with E-state index in [0.29, 0.717) is 0 Å². The molecule has 0 fully saturated rings. The fraction of sp³-hybridized carbons (Fsp3) is 0.286. The fourth-order valence-corrected chi connectivity index (χ4v) is 1.96.